The Bertz CT molecular complexity index is 631. The van der Waals surface area contributed by atoms with Crippen molar-refractivity contribution in [1.82, 2.24) is 5.32 Å². The van der Waals surface area contributed by atoms with Crippen LogP contribution in [0.5, 0.6) is 11.5 Å². The Kier molecular flexibility index (Phi) is 5.84. The fourth-order valence-corrected chi connectivity index (χ4v) is 2.21. The fourth-order valence-electron chi connectivity index (χ4n) is 1.94. The van der Waals surface area contributed by atoms with Crippen LogP contribution in [0.4, 0.5) is 0 Å². The van der Waals surface area contributed by atoms with Crippen molar-refractivity contribution in [2.45, 2.75) is 6.04 Å². The van der Waals surface area contributed by atoms with Crippen LogP contribution in [0, 0.1) is 0 Å². The second-order valence-corrected chi connectivity index (χ2v) is 5.03. The second kappa shape index (κ2) is 7.85. The largest absolute Gasteiger partial charge is 0.486 e. The SMILES string of the molecule is COC(=O)[C@@H](CO)NC(=O)/C=C/c1cc(Cl)c2c(c1)OCCO2. The van der Waals surface area contributed by atoms with Crippen molar-refractivity contribution in [3.63, 3.8) is 0 Å². The molecule has 1 aromatic rings. The molecule has 1 atom stereocenters. The number of benzene rings is 1. The Balaban J connectivity index is 2.06. The molecule has 1 aliphatic heterocycles. The number of aliphatic hydroxyl groups is 1. The lowest BCUT2D eigenvalue weighted by molar-refractivity contribution is -0.145. The molecule has 2 N–H and O–H groups in total. The molecule has 0 fully saturated rings. The van der Waals surface area contributed by atoms with E-state index < -0.39 is 24.5 Å². The number of rotatable bonds is 5. The van der Waals surface area contributed by atoms with Crippen LogP contribution < -0.4 is 14.8 Å². The van der Waals surface area contributed by atoms with E-state index in [1.165, 1.54) is 19.3 Å². The van der Waals surface area contributed by atoms with Gasteiger partial charge in [0.05, 0.1) is 18.7 Å². The highest BCUT2D eigenvalue weighted by molar-refractivity contribution is 6.32. The first-order valence-corrected chi connectivity index (χ1v) is 7.19. The third-order valence-corrected chi connectivity index (χ3v) is 3.31. The first-order chi connectivity index (χ1) is 11.0. The number of carbonyl (C=O) groups excluding carboxylic acids is 2. The highest BCUT2D eigenvalue weighted by Crippen LogP contribution is 2.38. The summed E-state index contributed by atoms with van der Waals surface area (Å²) in [6, 6.07) is 2.21. The molecular weight excluding hydrogens is 326 g/mol. The molecule has 7 nitrogen and oxygen atoms in total. The number of fused-ring (bicyclic) bond motifs is 1. The van der Waals surface area contributed by atoms with E-state index in [2.05, 4.69) is 10.1 Å². The number of esters is 1. The van der Waals surface area contributed by atoms with Crippen molar-refractivity contribution >= 4 is 29.6 Å². The van der Waals surface area contributed by atoms with Crippen LogP contribution in [0.3, 0.4) is 0 Å². The van der Waals surface area contributed by atoms with E-state index in [0.29, 0.717) is 35.3 Å². The lowest BCUT2D eigenvalue weighted by atomic mass is 10.1. The standard InChI is InChI=1S/C15H16ClNO6/c1-21-15(20)11(8-18)17-13(19)3-2-9-6-10(16)14-12(7-9)22-4-5-23-14/h2-3,6-7,11,18H,4-5,8H2,1H3,(H,17,19)/b3-2+/t11-/m1/s1. The van der Waals surface area contributed by atoms with Crippen molar-refractivity contribution < 1.29 is 28.9 Å². The van der Waals surface area contributed by atoms with Gasteiger partial charge in [0, 0.05) is 6.08 Å². The van der Waals surface area contributed by atoms with Gasteiger partial charge in [-0.2, -0.15) is 0 Å². The highest BCUT2D eigenvalue weighted by atomic mass is 35.5. The monoisotopic (exact) mass is 341 g/mol. The summed E-state index contributed by atoms with van der Waals surface area (Å²) in [6.45, 7) is 0.302. The Labute approximate surface area is 137 Å². The zero-order chi connectivity index (χ0) is 16.8. The quantitative estimate of drug-likeness (QED) is 0.607. The van der Waals surface area contributed by atoms with Crippen molar-refractivity contribution in [2.24, 2.45) is 0 Å². The van der Waals surface area contributed by atoms with Crippen LogP contribution in [0.25, 0.3) is 6.08 Å². The van der Waals surface area contributed by atoms with E-state index in [0.717, 1.165) is 0 Å². The smallest absolute Gasteiger partial charge is 0.330 e. The maximum atomic E-state index is 11.8. The number of aliphatic hydroxyl groups excluding tert-OH is 1. The number of hydrogen-bond acceptors (Lipinski definition) is 6. The van der Waals surface area contributed by atoms with Crippen molar-refractivity contribution in [2.75, 3.05) is 26.9 Å². The molecule has 23 heavy (non-hydrogen) atoms. The van der Waals surface area contributed by atoms with E-state index in [1.54, 1.807) is 12.1 Å². The summed E-state index contributed by atoms with van der Waals surface area (Å²) >= 11 is 6.10. The number of amides is 1. The van der Waals surface area contributed by atoms with Crippen molar-refractivity contribution in [3.8, 4) is 11.5 Å². The number of halogens is 1. The lowest BCUT2D eigenvalue weighted by Gasteiger charge is -2.19. The predicted molar refractivity (Wildman–Crippen MR) is 82.5 cm³/mol. The molecule has 1 aromatic carbocycles. The minimum absolute atomic E-state index is 0.380. The Hall–Kier alpha value is -2.25. The van der Waals surface area contributed by atoms with Gasteiger partial charge in [-0.05, 0) is 23.8 Å². The Morgan fingerprint density at radius 2 is 2.17 bits per heavy atom. The summed E-state index contributed by atoms with van der Waals surface area (Å²) in [5, 5.41) is 11.7. The van der Waals surface area contributed by atoms with Gasteiger partial charge in [0.1, 0.15) is 13.2 Å². The summed E-state index contributed by atoms with van der Waals surface area (Å²) in [4.78, 5) is 23.1. The van der Waals surface area contributed by atoms with Gasteiger partial charge in [0.15, 0.2) is 17.5 Å². The summed E-state index contributed by atoms with van der Waals surface area (Å²) in [5.41, 5.74) is 0.632. The zero-order valence-electron chi connectivity index (χ0n) is 12.4. The van der Waals surface area contributed by atoms with E-state index in [9.17, 15) is 9.59 Å². The topological polar surface area (TPSA) is 94.1 Å². The average molecular weight is 342 g/mol. The Morgan fingerprint density at radius 1 is 1.43 bits per heavy atom. The minimum Gasteiger partial charge on any atom is -0.486 e. The maximum absolute atomic E-state index is 11.8. The van der Waals surface area contributed by atoms with Crippen LogP contribution in [0.15, 0.2) is 18.2 Å². The number of hydrogen-bond donors (Lipinski definition) is 2. The third kappa shape index (κ3) is 4.37. The number of ether oxygens (including phenoxy) is 3. The van der Waals surface area contributed by atoms with Crippen molar-refractivity contribution in [3.05, 3.63) is 28.8 Å². The molecule has 0 aliphatic carbocycles. The van der Waals surface area contributed by atoms with E-state index in [-0.39, 0.29) is 0 Å². The van der Waals surface area contributed by atoms with Gasteiger partial charge in [-0.15, -0.1) is 0 Å². The normalized spacial score (nSPS) is 14.4. The van der Waals surface area contributed by atoms with E-state index in [1.807, 2.05) is 0 Å². The molecule has 0 saturated heterocycles. The van der Waals surface area contributed by atoms with Gasteiger partial charge in [-0.1, -0.05) is 11.6 Å². The molecule has 1 heterocycles. The molecule has 2 rings (SSSR count). The van der Waals surface area contributed by atoms with Crippen LogP contribution in [0.1, 0.15) is 5.56 Å². The lowest BCUT2D eigenvalue weighted by Crippen LogP contribution is -2.43. The van der Waals surface area contributed by atoms with Crippen LogP contribution in [0.2, 0.25) is 5.02 Å². The molecule has 0 aromatic heterocycles. The molecule has 0 spiro atoms. The summed E-state index contributed by atoms with van der Waals surface area (Å²) in [6.07, 6.45) is 2.72. The van der Waals surface area contributed by atoms with Gasteiger partial charge in [-0.25, -0.2) is 4.79 Å². The predicted octanol–water partition coefficient (Wildman–Crippen LogP) is 0.774. The second-order valence-electron chi connectivity index (χ2n) is 4.63. The van der Waals surface area contributed by atoms with Gasteiger partial charge in [-0.3, -0.25) is 4.79 Å². The molecule has 8 heteroatoms. The first-order valence-electron chi connectivity index (χ1n) is 6.81. The fraction of sp³-hybridized carbons (Fsp3) is 0.333. The minimum atomic E-state index is -1.11. The molecule has 0 radical (unpaired) electrons. The van der Waals surface area contributed by atoms with Gasteiger partial charge >= 0.3 is 5.97 Å². The molecule has 0 saturated carbocycles. The van der Waals surface area contributed by atoms with Crippen LogP contribution in [-0.2, 0) is 14.3 Å². The van der Waals surface area contributed by atoms with Crippen molar-refractivity contribution in [1.29, 1.82) is 0 Å². The van der Waals surface area contributed by atoms with Gasteiger partial charge < -0.3 is 24.6 Å². The molecular formula is C15H16ClNO6. The molecule has 124 valence electrons. The van der Waals surface area contributed by atoms with Gasteiger partial charge in [0.25, 0.3) is 0 Å². The maximum Gasteiger partial charge on any atom is 0.330 e. The third-order valence-electron chi connectivity index (χ3n) is 3.03. The van der Waals surface area contributed by atoms with Crippen LogP contribution in [-0.4, -0.2) is 50.0 Å². The highest BCUT2D eigenvalue weighted by Gasteiger charge is 2.19. The number of nitrogens with one attached hydrogen (secondary N) is 1. The number of methoxy groups -OCH3 is 1. The molecule has 0 unspecified atom stereocenters. The summed E-state index contributed by atoms with van der Waals surface area (Å²) < 4.78 is 15.3. The summed E-state index contributed by atoms with van der Waals surface area (Å²) in [5.74, 6) is -0.297. The molecule has 0 bridgehead atoms. The first kappa shape index (κ1) is 17.1. The summed E-state index contributed by atoms with van der Waals surface area (Å²) in [7, 11) is 1.17. The van der Waals surface area contributed by atoms with E-state index in [4.69, 9.17) is 26.2 Å². The number of carbonyl (C=O) groups is 2. The van der Waals surface area contributed by atoms with Gasteiger partial charge in [0.2, 0.25) is 5.91 Å². The zero-order valence-corrected chi connectivity index (χ0v) is 13.1. The Morgan fingerprint density at radius 3 is 2.87 bits per heavy atom. The van der Waals surface area contributed by atoms with Crippen LogP contribution >= 0.6 is 11.6 Å². The average Bonchev–Trinajstić information content (AvgIpc) is 2.57. The molecule has 1 amide bonds. The van der Waals surface area contributed by atoms with E-state index >= 15 is 0 Å². The molecule has 1 aliphatic rings.